The Morgan fingerprint density at radius 3 is 2.18 bits per heavy atom. The van der Waals surface area contributed by atoms with Gasteiger partial charge in [-0.1, -0.05) is 114 Å². The summed E-state index contributed by atoms with van der Waals surface area (Å²) in [4.78, 5) is 12.7. The number of phenolic OH excluding ortho intramolecular Hbond substituents is 1. The number of hydrogen-bond donors (Lipinski definition) is 1. The molecule has 5 nitrogen and oxygen atoms in total. The molecular formula is C45H42N3O2Pt-. The third kappa shape index (κ3) is 6.49. The zero-order chi connectivity index (χ0) is 34.8. The van der Waals surface area contributed by atoms with Crippen LogP contribution in [-0.2, 0) is 38.3 Å². The first kappa shape index (κ1) is 34.7. The maximum atomic E-state index is 10.4. The van der Waals surface area contributed by atoms with Crippen molar-refractivity contribution in [3.8, 4) is 28.5 Å². The number of ether oxygens (including phenoxy) is 1. The van der Waals surface area contributed by atoms with E-state index in [2.05, 4.69) is 130 Å². The van der Waals surface area contributed by atoms with Gasteiger partial charge in [-0.2, -0.15) is 0 Å². The molecule has 1 aromatic heterocycles. The summed E-state index contributed by atoms with van der Waals surface area (Å²) in [6, 6.07) is 43.2. The number of benzene rings is 5. The van der Waals surface area contributed by atoms with E-state index in [1.165, 1.54) is 33.4 Å². The molecule has 0 saturated carbocycles. The van der Waals surface area contributed by atoms with Crippen LogP contribution in [0.1, 0.15) is 75.4 Å². The minimum absolute atomic E-state index is 0. The van der Waals surface area contributed by atoms with E-state index in [0.29, 0.717) is 17.1 Å². The molecule has 1 aliphatic carbocycles. The molecule has 0 bridgehead atoms. The fraction of sp³-hybridized carbons (Fsp3) is 0.244. The summed E-state index contributed by atoms with van der Waals surface area (Å²) in [7, 11) is 0. The van der Waals surface area contributed by atoms with Gasteiger partial charge in [-0.15, -0.1) is 23.8 Å². The first-order valence-corrected chi connectivity index (χ1v) is 17.4. The number of phenols is 1. The SMILES string of the molecule is CC(C)(C)c1cc(N2C(c3[c-]c(Oc4ccc5cccc(O)c5n4)ccc3)=N[C@H]3c4ccccc4-c4ccccc4C[C@@H]32)cc(C(C)(C)C)c1.[Pt]. The Hall–Kier alpha value is -4.73. The van der Waals surface area contributed by atoms with Gasteiger partial charge in [-0.05, 0) is 74.9 Å². The molecule has 0 saturated heterocycles. The number of para-hydroxylation sites is 1. The molecule has 2 aliphatic rings. The van der Waals surface area contributed by atoms with Crippen molar-refractivity contribution in [1.82, 2.24) is 4.98 Å². The van der Waals surface area contributed by atoms with Gasteiger partial charge in [0.25, 0.3) is 0 Å². The molecule has 0 amide bonds. The molecule has 6 heteroatoms. The quantitative estimate of drug-likeness (QED) is 0.180. The molecule has 1 aliphatic heterocycles. The van der Waals surface area contributed by atoms with E-state index in [0.717, 1.165) is 28.9 Å². The minimum atomic E-state index is -0.0897. The topological polar surface area (TPSA) is 58.0 Å². The largest absolute Gasteiger partial charge is 0.506 e. The molecule has 0 spiro atoms. The number of aromatic nitrogens is 1. The third-order valence-corrected chi connectivity index (χ3v) is 10.0. The van der Waals surface area contributed by atoms with Gasteiger partial charge >= 0.3 is 0 Å². The molecule has 1 N–H and O–H groups in total. The number of hydrogen-bond acceptors (Lipinski definition) is 5. The summed E-state index contributed by atoms with van der Waals surface area (Å²) in [6.07, 6.45) is 0.841. The number of pyridine rings is 1. The maximum Gasteiger partial charge on any atom is 0.217 e. The van der Waals surface area contributed by atoms with Crippen molar-refractivity contribution in [2.75, 3.05) is 4.90 Å². The molecule has 5 aromatic carbocycles. The van der Waals surface area contributed by atoms with E-state index < -0.39 is 0 Å². The van der Waals surface area contributed by atoms with E-state index >= 15 is 0 Å². The van der Waals surface area contributed by atoms with Gasteiger partial charge in [-0.3, -0.25) is 0 Å². The number of amidine groups is 1. The molecule has 260 valence electrons. The van der Waals surface area contributed by atoms with Crippen molar-refractivity contribution in [2.24, 2.45) is 4.99 Å². The van der Waals surface area contributed by atoms with Crippen molar-refractivity contribution in [3.63, 3.8) is 0 Å². The second kappa shape index (κ2) is 13.1. The Morgan fingerprint density at radius 1 is 0.745 bits per heavy atom. The minimum Gasteiger partial charge on any atom is -0.506 e. The Labute approximate surface area is 315 Å². The number of rotatable bonds is 4. The van der Waals surface area contributed by atoms with Gasteiger partial charge in [0, 0.05) is 44.0 Å². The summed E-state index contributed by atoms with van der Waals surface area (Å²) in [6.45, 7) is 13.7. The number of aromatic hydroxyl groups is 1. The Kier molecular flexibility index (Phi) is 8.92. The zero-order valence-corrected chi connectivity index (χ0v) is 32.1. The van der Waals surface area contributed by atoms with E-state index in [1.54, 1.807) is 6.07 Å². The van der Waals surface area contributed by atoms with Crippen molar-refractivity contribution in [1.29, 1.82) is 0 Å². The number of anilines is 1. The first-order chi connectivity index (χ1) is 23.9. The van der Waals surface area contributed by atoms with Crippen molar-refractivity contribution in [2.45, 2.75) is 70.9 Å². The zero-order valence-electron chi connectivity index (χ0n) is 29.8. The molecular weight excluding hydrogens is 810 g/mol. The predicted octanol–water partition coefficient (Wildman–Crippen LogP) is 10.7. The monoisotopic (exact) mass is 851 g/mol. The molecule has 0 radical (unpaired) electrons. The van der Waals surface area contributed by atoms with Gasteiger partial charge in [-0.25, -0.2) is 4.98 Å². The molecule has 8 rings (SSSR count). The summed E-state index contributed by atoms with van der Waals surface area (Å²) in [5.74, 6) is 1.91. The molecule has 6 aromatic rings. The van der Waals surface area contributed by atoms with Crippen LogP contribution < -0.4 is 9.64 Å². The van der Waals surface area contributed by atoms with E-state index in [-0.39, 0.29) is 49.7 Å². The van der Waals surface area contributed by atoms with Crippen molar-refractivity contribution < 1.29 is 30.9 Å². The Balaban J connectivity index is 0.00000406. The van der Waals surface area contributed by atoms with Crippen LogP contribution in [0.4, 0.5) is 5.69 Å². The molecule has 0 fully saturated rings. The third-order valence-electron chi connectivity index (χ3n) is 10.0. The standard InChI is InChI=1S/C45H42N3O2.Pt/c1-44(2,3)31-25-32(45(4,5)6)27-33(26-31)48-38-24-29-13-7-8-17-35(29)36-18-9-10-19-37(36)42(38)47-43(48)30-15-11-16-34(23-30)50-40-22-21-28-14-12-20-39(49)41(28)46-40;/h7-22,25-27,38,42,49H,24H2,1-6H3;/q-1;/t38-,42-;/m0./s1. The van der Waals surface area contributed by atoms with Crippen LogP contribution in [0.15, 0.2) is 120 Å². The average Bonchev–Trinajstić information content (AvgIpc) is 3.40. The fourth-order valence-electron chi connectivity index (χ4n) is 7.29. The van der Waals surface area contributed by atoms with Crippen LogP contribution in [-0.4, -0.2) is 22.0 Å². The molecule has 0 unspecified atom stereocenters. The van der Waals surface area contributed by atoms with Gasteiger partial charge in [0.05, 0.1) is 17.9 Å². The van der Waals surface area contributed by atoms with Gasteiger partial charge in [0.1, 0.15) is 11.3 Å². The van der Waals surface area contributed by atoms with Crippen LogP contribution in [0.25, 0.3) is 22.0 Å². The van der Waals surface area contributed by atoms with Crippen LogP contribution in [0.5, 0.6) is 17.4 Å². The summed E-state index contributed by atoms with van der Waals surface area (Å²) in [5, 5.41) is 11.3. The summed E-state index contributed by atoms with van der Waals surface area (Å²) in [5.41, 5.74) is 10.1. The second-order valence-electron chi connectivity index (χ2n) is 15.6. The predicted molar refractivity (Wildman–Crippen MR) is 204 cm³/mol. The van der Waals surface area contributed by atoms with E-state index in [9.17, 15) is 5.11 Å². The van der Waals surface area contributed by atoms with Crippen LogP contribution in [0.3, 0.4) is 0 Å². The Morgan fingerprint density at radius 2 is 1.43 bits per heavy atom. The van der Waals surface area contributed by atoms with Crippen LogP contribution in [0.2, 0.25) is 0 Å². The van der Waals surface area contributed by atoms with Gasteiger partial charge in [0.2, 0.25) is 5.88 Å². The summed E-state index contributed by atoms with van der Waals surface area (Å²) < 4.78 is 6.30. The second-order valence-corrected chi connectivity index (χ2v) is 15.6. The summed E-state index contributed by atoms with van der Waals surface area (Å²) >= 11 is 0. The van der Waals surface area contributed by atoms with Crippen LogP contribution >= 0.6 is 0 Å². The maximum absolute atomic E-state index is 10.4. The van der Waals surface area contributed by atoms with Gasteiger partial charge in [0.15, 0.2) is 0 Å². The van der Waals surface area contributed by atoms with Crippen molar-refractivity contribution in [3.05, 3.63) is 149 Å². The molecule has 2 atom stereocenters. The normalized spacial score (nSPS) is 16.7. The fourth-order valence-corrected chi connectivity index (χ4v) is 7.29. The number of nitrogens with zero attached hydrogens (tertiary/aromatic N) is 3. The van der Waals surface area contributed by atoms with E-state index in [1.807, 2.05) is 36.4 Å². The van der Waals surface area contributed by atoms with Crippen LogP contribution in [0, 0.1) is 6.07 Å². The van der Waals surface area contributed by atoms with E-state index in [4.69, 9.17) is 9.73 Å². The average molecular weight is 852 g/mol. The number of fused-ring (bicyclic) bond motifs is 6. The Bertz CT molecular complexity index is 2270. The van der Waals surface area contributed by atoms with Gasteiger partial charge < -0.3 is 19.7 Å². The molecule has 51 heavy (non-hydrogen) atoms. The number of aliphatic imine (C=N–C) groups is 1. The van der Waals surface area contributed by atoms with Crippen molar-refractivity contribution >= 4 is 22.4 Å². The first-order valence-electron chi connectivity index (χ1n) is 17.4. The smallest absolute Gasteiger partial charge is 0.217 e. The molecule has 2 heterocycles.